The summed E-state index contributed by atoms with van der Waals surface area (Å²) >= 11 is 0. The third-order valence-electron chi connectivity index (χ3n) is 3.08. The standard InChI is InChI=1S/C11H20F3NO/c12-11(13,14)9(7-15)8-16-10-5-3-1-2-4-6-10/h9-10H,1-8,15H2. The topological polar surface area (TPSA) is 35.2 Å². The van der Waals surface area contributed by atoms with E-state index in [-0.39, 0.29) is 12.7 Å². The summed E-state index contributed by atoms with van der Waals surface area (Å²) in [4.78, 5) is 0. The van der Waals surface area contributed by atoms with Gasteiger partial charge in [-0.1, -0.05) is 25.7 Å². The Hall–Kier alpha value is -0.290. The van der Waals surface area contributed by atoms with Gasteiger partial charge in [-0.3, -0.25) is 0 Å². The molecule has 0 aromatic rings. The van der Waals surface area contributed by atoms with E-state index in [9.17, 15) is 13.2 Å². The number of halogens is 3. The first kappa shape index (κ1) is 13.8. The molecule has 1 aliphatic rings. The zero-order chi connectivity index (χ0) is 12.0. The molecule has 1 fully saturated rings. The van der Waals surface area contributed by atoms with Crippen LogP contribution in [-0.2, 0) is 4.74 Å². The fourth-order valence-electron chi connectivity index (χ4n) is 1.96. The van der Waals surface area contributed by atoms with Crippen molar-refractivity contribution < 1.29 is 17.9 Å². The van der Waals surface area contributed by atoms with Crippen LogP contribution in [0.5, 0.6) is 0 Å². The second-order valence-corrected chi connectivity index (χ2v) is 4.42. The lowest BCUT2D eigenvalue weighted by molar-refractivity contribution is -0.189. The highest BCUT2D eigenvalue weighted by atomic mass is 19.4. The molecule has 0 radical (unpaired) electrons. The van der Waals surface area contributed by atoms with Gasteiger partial charge in [0.25, 0.3) is 0 Å². The van der Waals surface area contributed by atoms with Crippen molar-refractivity contribution in [1.82, 2.24) is 0 Å². The Morgan fingerprint density at radius 1 is 1.12 bits per heavy atom. The van der Waals surface area contributed by atoms with E-state index >= 15 is 0 Å². The second-order valence-electron chi connectivity index (χ2n) is 4.42. The third-order valence-corrected chi connectivity index (χ3v) is 3.08. The predicted octanol–water partition coefficient (Wildman–Crippen LogP) is 2.86. The molecule has 0 aromatic carbocycles. The number of alkyl halides is 3. The van der Waals surface area contributed by atoms with Crippen LogP contribution < -0.4 is 5.73 Å². The molecule has 96 valence electrons. The van der Waals surface area contributed by atoms with E-state index in [1.807, 2.05) is 0 Å². The summed E-state index contributed by atoms with van der Waals surface area (Å²) in [5, 5.41) is 0. The maximum absolute atomic E-state index is 12.4. The summed E-state index contributed by atoms with van der Waals surface area (Å²) in [5.74, 6) is -1.52. The molecule has 0 aliphatic heterocycles. The summed E-state index contributed by atoms with van der Waals surface area (Å²) in [6, 6.07) is 0. The lowest BCUT2D eigenvalue weighted by atomic mass is 10.1. The largest absolute Gasteiger partial charge is 0.395 e. The molecule has 0 saturated heterocycles. The summed E-state index contributed by atoms with van der Waals surface area (Å²) in [6.07, 6.45) is 1.98. The van der Waals surface area contributed by atoms with E-state index in [2.05, 4.69) is 0 Å². The van der Waals surface area contributed by atoms with Gasteiger partial charge in [0.2, 0.25) is 0 Å². The highest BCUT2D eigenvalue weighted by molar-refractivity contribution is 4.70. The van der Waals surface area contributed by atoms with Gasteiger partial charge >= 0.3 is 6.18 Å². The highest BCUT2D eigenvalue weighted by Gasteiger charge is 2.39. The number of rotatable bonds is 4. The highest BCUT2D eigenvalue weighted by Crippen LogP contribution is 2.27. The van der Waals surface area contributed by atoms with Crippen molar-refractivity contribution >= 4 is 0 Å². The lowest BCUT2D eigenvalue weighted by Crippen LogP contribution is -2.35. The number of ether oxygens (including phenoxy) is 1. The zero-order valence-corrected chi connectivity index (χ0v) is 9.43. The molecule has 0 heterocycles. The van der Waals surface area contributed by atoms with Crippen molar-refractivity contribution in [3.63, 3.8) is 0 Å². The Balaban J connectivity index is 2.30. The molecule has 1 aliphatic carbocycles. The summed E-state index contributed by atoms with van der Waals surface area (Å²) < 4.78 is 42.5. The maximum Gasteiger partial charge on any atom is 0.395 e. The minimum absolute atomic E-state index is 0.00102. The Labute approximate surface area is 94.3 Å². The summed E-state index contributed by atoms with van der Waals surface area (Å²) in [6.45, 7) is -0.680. The Kier molecular flexibility index (Phi) is 5.55. The Morgan fingerprint density at radius 3 is 2.12 bits per heavy atom. The fourth-order valence-corrected chi connectivity index (χ4v) is 1.96. The van der Waals surface area contributed by atoms with Crippen molar-refractivity contribution in [2.24, 2.45) is 11.7 Å². The van der Waals surface area contributed by atoms with Crippen LogP contribution in [0.3, 0.4) is 0 Å². The maximum atomic E-state index is 12.4. The average molecular weight is 239 g/mol. The Morgan fingerprint density at radius 2 is 1.69 bits per heavy atom. The van der Waals surface area contributed by atoms with Crippen LogP contribution in [0.4, 0.5) is 13.2 Å². The van der Waals surface area contributed by atoms with E-state index < -0.39 is 18.6 Å². The molecule has 1 unspecified atom stereocenters. The first-order chi connectivity index (χ1) is 7.54. The molecule has 2 N–H and O–H groups in total. The van der Waals surface area contributed by atoms with E-state index in [4.69, 9.17) is 10.5 Å². The Bertz CT molecular complexity index is 188. The third kappa shape index (κ3) is 4.70. The molecule has 5 heteroatoms. The molecule has 1 rings (SSSR count). The van der Waals surface area contributed by atoms with Crippen LogP contribution in [0.2, 0.25) is 0 Å². The number of nitrogens with two attached hydrogens (primary N) is 1. The van der Waals surface area contributed by atoms with Crippen LogP contribution in [0.25, 0.3) is 0 Å². The van der Waals surface area contributed by atoms with Gasteiger partial charge in [-0.05, 0) is 12.8 Å². The van der Waals surface area contributed by atoms with Gasteiger partial charge in [0.1, 0.15) is 0 Å². The van der Waals surface area contributed by atoms with Gasteiger partial charge in [-0.2, -0.15) is 13.2 Å². The molecule has 2 nitrogen and oxygen atoms in total. The van der Waals surface area contributed by atoms with E-state index in [1.54, 1.807) is 0 Å². The number of hydrogen-bond donors (Lipinski definition) is 1. The molecule has 0 bridgehead atoms. The van der Waals surface area contributed by atoms with Gasteiger partial charge in [0.15, 0.2) is 0 Å². The van der Waals surface area contributed by atoms with E-state index in [1.165, 1.54) is 12.8 Å². The van der Waals surface area contributed by atoms with Crippen molar-refractivity contribution in [2.75, 3.05) is 13.2 Å². The number of hydrogen-bond acceptors (Lipinski definition) is 2. The molecular formula is C11H20F3NO. The van der Waals surface area contributed by atoms with E-state index in [0.717, 1.165) is 25.7 Å². The molecular weight excluding hydrogens is 219 g/mol. The lowest BCUT2D eigenvalue weighted by Gasteiger charge is -2.22. The predicted molar refractivity (Wildman–Crippen MR) is 56.0 cm³/mol. The minimum atomic E-state index is -4.24. The molecule has 0 aromatic heterocycles. The molecule has 0 amide bonds. The summed E-state index contributed by atoms with van der Waals surface area (Å²) in [5.41, 5.74) is 5.11. The van der Waals surface area contributed by atoms with Gasteiger partial charge in [-0.25, -0.2) is 0 Å². The summed E-state index contributed by atoms with van der Waals surface area (Å²) in [7, 11) is 0. The average Bonchev–Trinajstić information content (AvgIpc) is 2.45. The second kappa shape index (κ2) is 6.45. The van der Waals surface area contributed by atoms with Gasteiger partial charge in [0.05, 0.1) is 18.6 Å². The monoisotopic (exact) mass is 239 g/mol. The van der Waals surface area contributed by atoms with Crippen LogP contribution in [0, 0.1) is 5.92 Å². The first-order valence-electron chi connectivity index (χ1n) is 5.92. The fraction of sp³-hybridized carbons (Fsp3) is 1.00. The van der Waals surface area contributed by atoms with Gasteiger partial charge in [-0.15, -0.1) is 0 Å². The van der Waals surface area contributed by atoms with Crippen molar-refractivity contribution in [1.29, 1.82) is 0 Å². The van der Waals surface area contributed by atoms with Crippen LogP contribution in [0.15, 0.2) is 0 Å². The van der Waals surface area contributed by atoms with Gasteiger partial charge in [0, 0.05) is 6.54 Å². The smallest absolute Gasteiger partial charge is 0.378 e. The van der Waals surface area contributed by atoms with Gasteiger partial charge < -0.3 is 10.5 Å². The van der Waals surface area contributed by atoms with Crippen LogP contribution >= 0.6 is 0 Å². The normalized spacial score (nSPS) is 21.8. The minimum Gasteiger partial charge on any atom is -0.378 e. The van der Waals surface area contributed by atoms with Crippen molar-refractivity contribution in [2.45, 2.75) is 50.8 Å². The van der Waals surface area contributed by atoms with Crippen LogP contribution in [0.1, 0.15) is 38.5 Å². The zero-order valence-electron chi connectivity index (χ0n) is 9.43. The van der Waals surface area contributed by atoms with E-state index in [0.29, 0.717) is 0 Å². The first-order valence-corrected chi connectivity index (χ1v) is 5.92. The molecule has 1 saturated carbocycles. The molecule has 0 spiro atoms. The SMILES string of the molecule is NCC(COC1CCCCCC1)C(F)(F)F. The van der Waals surface area contributed by atoms with Crippen molar-refractivity contribution in [3.8, 4) is 0 Å². The molecule has 16 heavy (non-hydrogen) atoms. The van der Waals surface area contributed by atoms with Crippen LogP contribution in [-0.4, -0.2) is 25.4 Å². The molecule has 1 atom stereocenters. The quantitative estimate of drug-likeness (QED) is 0.766. The van der Waals surface area contributed by atoms with Crippen molar-refractivity contribution in [3.05, 3.63) is 0 Å².